The zero-order chi connectivity index (χ0) is 20.3. The van der Waals surface area contributed by atoms with Crippen LogP contribution in [-0.4, -0.2) is 29.8 Å². The number of nitro groups is 1. The molecule has 1 aliphatic rings. The highest BCUT2D eigenvalue weighted by Gasteiger charge is 2.28. The van der Waals surface area contributed by atoms with Crippen LogP contribution in [0.25, 0.3) is 0 Å². The maximum Gasteiger partial charge on any atom is 0.292 e. The van der Waals surface area contributed by atoms with Gasteiger partial charge in [0.2, 0.25) is 5.91 Å². The molecule has 0 aromatic heterocycles. The van der Waals surface area contributed by atoms with E-state index in [1.807, 2.05) is 4.90 Å². The summed E-state index contributed by atoms with van der Waals surface area (Å²) in [7, 11) is 0. The Morgan fingerprint density at radius 2 is 1.82 bits per heavy atom. The van der Waals surface area contributed by atoms with Crippen molar-refractivity contribution < 1.29 is 14.5 Å². The molecule has 1 fully saturated rings. The van der Waals surface area contributed by atoms with Crippen LogP contribution in [0.5, 0.6) is 0 Å². The van der Waals surface area contributed by atoms with Crippen molar-refractivity contribution in [3.63, 3.8) is 0 Å². The number of para-hydroxylation sites is 2. The number of amides is 2. The van der Waals surface area contributed by atoms with E-state index in [1.54, 1.807) is 43.3 Å². The Balaban J connectivity index is 1.68. The van der Waals surface area contributed by atoms with Crippen molar-refractivity contribution in [2.24, 2.45) is 11.7 Å². The van der Waals surface area contributed by atoms with Gasteiger partial charge >= 0.3 is 0 Å². The molecule has 146 valence electrons. The molecular weight excluding hydrogens is 360 g/mol. The van der Waals surface area contributed by atoms with Crippen molar-refractivity contribution in [3.05, 3.63) is 63.7 Å². The second-order valence-corrected chi connectivity index (χ2v) is 6.86. The molecule has 0 saturated carbocycles. The maximum atomic E-state index is 12.7. The van der Waals surface area contributed by atoms with Crippen molar-refractivity contribution in [2.75, 3.05) is 23.3 Å². The number of nitrogens with one attached hydrogen (secondary N) is 1. The van der Waals surface area contributed by atoms with Gasteiger partial charge in [0.1, 0.15) is 5.69 Å². The summed E-state index contributed by atoms with van der Waals surface area (Å²) in [6, 6.07) is 11.8. The SMILES string of the molecule is Cc1cccc(NC(=O)C2CCN(c3ccccc3[N+](=O)[O-])CC2)c1C(N)=O. The number of carbonyl (C=O) groups excluding carboxylic acids is 2. The van der Waals surface area contributed by atoms with Crippen LogP contribution in [0.4, 0.5) is 17.1 Å². The molecule has 3 rings (SSSR count). The largest absolute Gasteiger partial charge is 0.366 e. The third kappa shape index (κ3) is 3.95. The number of hydrogen-bond donors (Lipinski definition) is 2. The van der Waals surface area contributed by atoms with Crippen LogP contribution in [0.1, 0.15) is 28.8 Å². The van der Waals surface area contributed by atoms with Crippen LogP contribution in [-0.2, 0) is 4.79 Å². The Hall–Kier alpha value is -3.42. The lowest BCUT2D eigenvalue weighted by molar-refractivity contribution is -0.384. The highest BCUT2D eigenvalue weighted by atomic mass is 16.6. The first kappa shape index (κ1) is 19.3. The minimum absolute atomic E-state index is 0.0660. The van der Waals surface area contributed by atoms with Gasteiger partial charge in [0, 0.05) is 25.1 Å². The van der Waals surface area contributed by atoms with E-state index in [0.29, 0.717) is 48.4 Å². The number of benzene rings is 2. The number of piperidine rings is 1. The van der Waals surface area contributed by atoms with Gasteiger partial charge < -0.3 is 16.0 Å². The lowest BCUT2D eigenvalue weighted by Crippen LogP contribution is -2.38. The van der Waals surface area contributed by atoms with E-state index in [9.17, 15) is 19.7 Å². The van der Waals surface area contributed by atoms with Gasteiger partial charge in [-0.2, -0.15) is 0 Å². The number of hydrogen-bond acceptors (Lipinski definition) is 5. The van der Waals surface area contributed by atoms with Crippen LogP contribution in [0, 0.1) is 23.0 Å². The average molecular weight is 382 g/mol. The van der Waals surface area contributed by atoms with Gasteiger partial charge in [0.05, 0.1) is 16.2 Å². The number of nitrogens with zero attached hydrogens (tertiary/aromatic N) is 2. The molecule has 2 aromatic carbocycles. The third-order valence-electron chi connectivity index (χ3n) is 5.06. The highest BCUT2D eigenvalue weighted by Crippen LogP contribution is 2.31. The van der Waals surface area contributed by atoms with E-state index in [0.717, 1.165) is 0 Å². The lowest BCUT2D eigenvalue weighted by atomic mass is 9.95. The molecule has 2 amide bonds. The number of nitro benzene ring substituents is 1. The Morgan fingerprint density at radius 3 is 2.46 bits per heavy atom. The molecule has 28 heavy (non-hydrogen) atoms. The number of aryl methyl sites for hydroxylation is 1. The highest BCUT2D eigenvalue weighted by molar-refractivity contribution is 6.04. The fourth-order valence-corrected chi connectivity index (χ4v) is 3.60. The summed E-state index contributed by atoms with van der Waals surface area (Å²) < 4.78 is 0. The summed E-state index contributed by atoms with van der Waals surface area (Å²) in [5.41, 5.74) is 7.51. The summed E-state index contributed by atoms with van der Waals surface area (Å²) >= 11 is 0. The number of nitrogens with two attached hydrogens (primary N) is 1. The van der Waals surface area contributed by atoms with Gasteiger partial charge in [-0.25, -0.2) is 0 Å². The molecular formula is C20H22N4O4. The summed E-state index contributed by atoms with van der Waals surface area (Å²) in [5, 5.41) is 14.1. The van der Waals surface area contributed by atoms with Gasteiger partial charge in [-0.3, -0.25) is 19.7 Å². The molecule has 0 radical (unpaired) electrons. The zero-order valence-corrected chi connectivity index (χ0v) is 15.6. The van der Waals surface area contributed by atoms with Crippen LogP contribution in [0.3, 0.4) is 0 Å². The first-order valence-electron chi connectivity index (χ1n) is 9.07. The van der Waals surface area contributed by atoms with Gasteiger partial charge in [-0.1, -0.05) is 24.3 Å². The number of anilines is 2. The van der Waals surface area contributed by atoms with Crippen molar-refractivity contribution in [1.82, 2.24) is 0 Å². The predicted octanol–water partition coefficient (Wildman–Crippen LogP) is 2.86. The molecule has 1 saturated heterocycles. The fourth-order valence-electron chi connectivity index (χ4n) is 3.60. The Morgan fingerprint density at radius 1 is 1.14 bits per heavy atom. The van der Waals surface area contributed by atoms with E-state index < -0.39 is 10.8 Å². The smallest absolute Gasteiger partial charge is 0.292 e. The molecule has 3 N–H and O–H groups in total. The minimum atomic E-state index is -0.584. The number of primary amides is 1. The van der Waals surface area contributed by atoms with Gasteiger partial charge in [-0.05, 0) is 37.5 Å². The number of carbonyl (C=O) groups is 2. The summed E-state index contributed by atoms with van der Waals surface area (Å²) in [6.45, 7) is 2.85. The molecule has 0 atom stereocenters. The van der Waals surface area contributed by atoms with E-state index in [1.165, 1.54) is 6.07 Å². The average Bonchev–Trinajstić information content (AvgIpc) is 2.67. The fraction of sp³-hybridized carbons (Fsp3) is 0.300. The summed E-state index contributed by atoms with van der Waals surface area (Å²) in [5.74, 6) is -0.991. The van der Waals surface area contributed by atoms with E-state index in [-0.39, 0.29) is 17.5 Å². The zero-order valence-electron chi connectivity index (χ0n) is 15.6. The molecule has 0 aliphatic carbocycles. The summed E-state index contributed by atoms with van der Waals surface area (Å²) in [4.78, 5) is 37.2. The van der Waals surface area contributed by atoms with E-state index >= 15 is 0 Å². The molecule has 8 heteroatoms. The molecule has 1 aliphatic heterocycles. The molecule has 8 nitrogen and oxygen atoms in total. The monoisotopic (exact) mass is 382 g/mol. The quantitative estimate of drug-likeness (QED) is 0.609. The van der Waals surface area contributed by atoms with Crippen molar-refractivity contribution in [2.45, 2.75) is 19.8 Å². The van der Waals surface area contributed by atoms with Crippen molar-refractivity contribution in [3.8, 4) is 0 Å². The van der Waals surface area contributed by atoms with E-state index in [4.69, 9.17) is 5.73 Å². The molecule has 0 bridgehead atoms. The van der Waals surface area contributed by atoms with Crippen LogP contribution >= 0.6 is 0 Å². The van der Waals surface area contributed by atoms with Gasteiger partial charge in [0.15, 0.2) is 0 Å². The predicted molar refractivity (Wildman–Crippen MR) is 106 cm³/mol. The summed E-state index contributed by atoms with van der Waals surface area (Å²) in [6.07, 6.45) is 1.13. The second-order valence-electron chi connectivity index (χ2n) is 6.86. The van der Waals surface area contributed by atoms with Gasteiger partial charge in [-0.15, -0.1) is 0 Å². The molecule has 2 aromatic rings. The Bertz CT molecular complexity index is 920. The van der Waals surface area contributed by atoms with E-state index in [2.05, 4.69) is 5.32 Å². The van der Waals surface area contributed by atoms with Crippen molar-refractivity contribution in [1.29, 1.82) is 0 Å². The maximum absolute atomic E-state index is 12.7. The lowest BCUT2D eigenvalue weighted by Gasteiger charge is -2.32. The van der Waals surface area contributed by atoms with Crippen LogP contribution in [0.15, 0.2) is 42.5 Å². The van der Waals surface area contributed by atoms with Crippen LogP contribution < -0.4 is 16.0 Å². The standard InChI is InChI=1S/C20H22N4O4/c1-13-5-4-6-15(18(13)19(21)25)22-20(26)14-9-11-23(12-10-14)16-7-2-3-8-17(16)24(27)28/h2-8,14H,9-12H2,1H3,(H2,21,25)(H,22,26). The number of rotatable bonds is 5. The topological polar surface area (TPSA) is 119 Å². The molecule has 1 heterocycles. The van der Waals surface area contributed by atoms with Crippen LogP contribution in [0.2, 0.25) is 0 Å². The first-order valence-corrected chi connectivity index (χ1v) is 9.07. The molecule has 0 spiro atoms. The normalized spacial score (nSPS) is 14.5. The van der Waals surface area contributed by atoms with Gasteiger partial charge in [0.25, 0.3) is 11.6 Å². The Kier molecular flexibility index (Phi) is 5.58. The third-order valence-corrected chi connectivity index (χ3v) is 5.06. The van der Waals surface area contributed by atoms with Crippen molar-refractivity contribution >= 4 is 28.9 Å². The second kappa shape index (κ2) is 8.08. The first-order chi connectivity index (χ1) is 13.4. The minimum Gasteiger partial charge on any atom is -0.366 e. The molecule has 0 unspecified atom stereocenters. The Labute approximate surface area is 162 Å².